The molecule has 4 unspecified atom stereocenters. The molecule has 2 saturated carbocycles. The lowest BCUT2D eigenvalue weighted by Crippen LogP contribution is -2.28. The number of hydrogen-bond donors (Lipinski definition) is 1. The molecule has 2 aliphatic carbocycles. The lowest BCUT2D eigenvalue weighted by atomic mass is 9.83. The van der Waals surface area contributed by atoms with E-state index in [1.165, 1.54) is 25.7 Å². The molecule has 0 radical (unpaired) electrons. The number of nitrogens with zero attached hydrogens (tertiary/aromatic N) is 2. The second-order valence-electron chi connectivity index (χ2n) is 5.84. The minimum atomic E-state index is 0.159. The predicted molar refractivity (Wildman–Crippen MR) is 68.4 cm³/mol. The van der Waals surface area contributed by atoms with Gasteiger partial charge in [0.05, 0.1) is 6.04 Å². The summed E-state index contributed by atoms with van der Waals surface area (Å²) in [7, 11) is 0. The maximum Gasteiger partial charge on any atom is 0.125 e. The first-order valence-electron chi connectivity index (χ1n) is 7.06. The molecule has 4 atom stereocenters. The highest BCUT2D eigenvalue weighted by Crippen LogP contribution is 2.51. The van der Waals surface area contributed by atoms with Crippen LogP contribution in [0.25, 0.3) is 0 Å². The van der Waals surface area contributed by atoms with Crippen LogP contribution in [0.15, 0.2) is 12.4 Å². The van der Waals surface area contributed by atoms with E-state index in [1.54, 1.807) is 0 Å². The molecular formula is C14H23N3. The quantitative estimate of drug-likeness (QED) is 0.869. The molecule has 0 aromatic carbocycles. The van der Waals surface area contributed by atoms with Crippen LogP contribution >= 0.6 is 0 Å². The Morgan fingerprint density at radius 3 is 3.00 bits per heavy atom. The van der Waals surface area contributed by atoms with Crippen molar-refractivity contribution >= 4 is 0 Å². The fourth-order valence-electron chi connectivity index (χ4n) is 3.97. The lowest BCUT2D eigenvalue weighted by molar-refractivity contribution is 0.273. The molecule has 0 spiro atoms. The molecule has 2 aliphatic rings. The van der Waals surface area contributed by atoms with Gasteiger partial charge in [0.1, 0.15) is 5.82 Å². The molecule has 3 nitrogen and oxygen atoms in total. The van der Waals surface area contributed by atoms with E-state index in [0.29, 0.717) is 5.92 Å². The zero-order valence-corrected chi connectivity index (χ0v) is 10.7. The maximum absolute atomic E-state index is 6.48. The minimum absolute atomic E-state index is 0.159. The summed E-state index contributed by atoms with van der Waals surface area (Å²) in [5.74, 6) is 3.64. The second kappa shape index (κ2) is 4.45. The van der Waals surface area contributed by atoms with Crippen LogP contribution in [0.1, 0.15) is 50.9 Å². The van der Waals surface area contributed by atoms with E-state index < -0.39 is 0 Å². The zero-order chi connectivity index (χ0) is 11.8. The monoisotopic (exact) mass is 233 g/mol. The van der Waals surface area contributed by atoms with Crippen LogP contribution in [0, 0.1) is 17.8 Å². The van der Waals surface area contributed by atoms with Gasteiger partial charge in [0, 0.05) is 18.9 Å². The van der Waals surface area contributed by atoms with Crippen LogP contribution < -0.4 is 5.73 Å². The summed E-state index contributed by atoms with van der Waals surface area (Å²) < 4.78 is 2.25. The molecular weight excluding hydrogens is 210 g/mol. The number of aromatic nitrogens is 2. The van der Waals surface area contributed by atoms with E-state index in [9.17, 15) is 0 Å². The third-order valence-electron chi connectivity index (χ3n) is 4.76. The Morgan fingerprint density at radius 1 is 1.47 bits per heavy atom. The van der Waals surface area contributed by atoms with Crippen molar-refractivity contribution in [1.29, 1.82) is 0 Å². The molecule has 2 N–H and O–H groups in total. The first-order chi connectivity index (χ1) is 8.29. The van der Waals surface area contributed by atoms with Crippen LogP contribution in [0.2, 0.25) is 0 Å². The summed E-state index contributed by atoms with van der Waals surface area (Å²) in [4.78, 5) is 4.50. The fourth-order valence-corrected chi connectivity index (χ4v) is 3.97. The summed E-state index contributed by atoms with van der Waals surface area (Å²) >= 11 is 0. The third kappa shape index (κ3) is 1.90. The summed E-state index contributed by atoms with van der Waals surface area (Å²) in [5.41, 5.74) is 6.48. The van der Waals surface area contributed by atoms with E-state index in [1.807, 2.05) is 6.20 Å². The number of imidazole rings is 1. The molecule has 0 amide bonds. The average Bonchev–Trinajstić information content (AvgIpc) is 3.03. The van der Waals surface area contributed by atoms with Gasteiger partial charge in [-0.1, -0.05) is 13.3 Å². The molecule has 3 rings (SSSR count). The van der Waals surface area contributed by atoms with Crippen LogP contribution in [0.4, 0.5) is 0 Å². The molecule has 17 heavy (non-hydrogen) atoms. The first-order valence-corrected chi connectivity index (χ1v) is 7.06. The highest BCUT2D eigenvalue weighted by atomic mass is 15.1. The smallest absolute Gasteiger partial charge is 0.125 e. The topological polar surface area (TPSA) is 43.8 Å². The van der Waals surface area contributed by atoms with Crippen molar-refractivity contribution in [2.75, 3.05) is 0 Å². The maximum atomic E-state index is 6.48. The van der Waals surface area contributed by atoms with Gasteiger partial charge in [-0.15, -0.1) is 0 Å². The van der Waals surface area contributed by atoms with E-state index in [0.717, 1.165) is 30.6 Å². The second-order valence-corrected chi connectivity index (χ2v) is 5.84. The van der Waals surface area contributed by atoms with E-state index in [4.69, 9.17) is 5.73 Å². The predicted octanol–water partition coefficient (Wildman–Crippen LogP) is 2.73. The summed E-state index contributed by atoms with van der Waals surface area (Å²) in [6.45, 7) is 3.25. The Kier molecular flexibility index (Phi) is 2.95. The molecule has 3 heteroatoms. The molecule has 0 saturated heterocycles. The van der Waals surface area contributed by atoms with Gasteiger partial charge in [-0.3, -0.25) is 0 Å². The van der Waals surface area contributed by atoms with Crippen LogP contribution in [-0.2, 0) is 6.54 Å². The standard InChI is InChI=1S/C14H23N3/c1-2-6-17-7-5-16-14(17)13(15)12-9-10-3-4-11(12)8-10/h5,7,10-13H,2-4,6,8-9,15H2,1H3. The Morgan fingerprint density at radius 2 is 2.35 bits per heavy atom. The van der Waals surface area contributed by atoms with Crippen LogP contribution in [-0.4, -0.2) is 9.55 Å². The van der Waals surface area contributed by atoms with Gasteiger partial charge in [-0.2, -0.15) is 0 Å². The molecule has 1 aromatic rings. The van der Waals surface area contributed by atoms with Crippen molar-refractivity contribution in [2.45, 2.75) is 51.6 Å². The zero-order valence-electron chi connectivity index (χ0n) is 10.7. The SMILES string of the molecule is CCCn1ccnc1C(N)C1CC2CCC1C2. The molecule has 0 aliphatic heterocycles. The Labute approximate surface area is 103 Å². The van der Waals surface area contributed by atoms with Gasteiger partial charge >= 0.3 is 0 Å². The van der Waals surface area contributed by atoms with Crippen molar-refractivity contribution in [3.05, 3.63) is 18.2 Å². The van der Waals surface area contributed by atoms with Crippen molar-refractivity contribution < 1.29 is 0 Å². The van der Waals surface area contributed by atoms with Crippen LogP contribution in [0.3, 0.4) is 0 Å². The van der Waals surface area contributed by atoms with Gasteiger partial charge in [0.2, 0.25) is 0 Å². The molecule has 94 valence electrons. The van der Waals surface area contributed by atoms with Crippen LogP contribution in [0.5, 0.6) is 0 Å². The van der Waals surface area contributed by atoms with E-state index >= 15 is 0 Å². The number of rotatable bonds is 4. The Bertz CT molecular complexity index is 385. The Hall–Kier alpha value is -0.830. The van der Waals surface area contributed by atoms with Crippen molar-refractivity contribution in [3.63, 3.8) is 0 Å². The van der Waals surface area contributed by atoms with Gasteiger partial charge in [0.15, 0.2) is 0 Å². The van der Waals surface area contributed by atoms with Crippen molar-refractivity contribution in [1.82, 2.24) is 9.55 Å². The molecule has 2 fully saturated rings. The highest BCUT2D eigenvalue weighted by molar-refractivity contribution is 5.05. The third-order valence-corrected chi connectivity index (χ3v) is 4.76. The average molecular weight is 233 g/mol. The number of aryl methyl sites for hydroxylation is 1. The Balaban J connectivity index is 1.77. The fraction of sp³-hybridized carbons (Fsp3) is 0.786. The molecule has 1 aromatic heterocycles. The van der Waals surface area contributed by atoms with Gasteiger partial charge < -0.3 is 10.3 Å². The number of fused-ring (bicyclic) bond motifs is 2. The summed E-state index contributed by atoms with van der Waals surface area (Å²) in [6, 6.07) is 0.159. The normalized spacial score (nSPS) is 33.2. The summed E-state index contributed by atoms with van der Waals surface area (Å²) in [5, 5.41) is 0. The lowest BCUT2D eigenvalue weighted by Gasteiger charge is -2.27. The molecule has 2 bridgehead atoms. The molecule has 1 heterocycles. The van der Waals surface area contributed by atoms with Gasteiger partial charge in [-0.25, -0.2) is 4.98 Å². The van der Waals surface area contributed by atoms with E-state index in [2.05, 4.69) is 22.7 Å². The highest BCUT2D eigenvalue weighted by Gasteiger charge is 2.43. The number of nitrogens with two attached hydrogens (primary N) is 1. The number of hydrogen-bond acceptors (Lipinski definition) is 2. The largest absolute Gasteiger partial charge is 0.334 e. The minimum Gasteiger partial charge on any atom is -0.334 e. The van der Waals surface area contributed by atoms with Crippen molar-refractivity contribution in [2.24, 2.45) is 23.5 Å². The van der Waals surface area contributed by atoms with Crippen molar-refractivity contribution in [3.8, 4) is 0 Å². The first kappa shape index (κ1) is 11.3. The van der Waals surface area contributed by atoms with E-state index in [-0.39, 0.29) is 6.04 Å². The summed E-state index contributed by atoms with van der Waals surface area (Å²) in [6.07, 6.45) is 10.7. The van der Waals surface area contributed by atoms with Gasteiger partial charge in [0.25, 0.3) is 0 Å². The van der Waals surface area contributed by atoms with Gasteiger partial charge in [-0.05, 0) is 43.4 Å².